The van der Waals surface area contributed by atoms with Gasteiger partial charge in [0.15, 0.2) is 0 Å². The van der Waals surface area contributed by atoms with Gasteiger partial charge in [-0.1, -0.05) is 0 Å². The summed E-state index contributed by atoms with van der Waals surface area (Å²) in [6.07, 6.45) is 3.85. The van der Waals surface area contributed by atoms with Gasteiger partial charge in [0.25, 0.3) is 0 Å². The number of hydrogen-bond donors (Lipinski definition) is 1. The fourth-order valence-electron chi connectivity index (χ4n) is 3.16. The number of fused-ring (bicyclic) bond motifs is 1. The van der Waals surface area contributed by atoms with Crippen LogP contribution in [0.25, 0.3) is 0 Å². The van der Waals surface area contributed by atoms with E-state index in [9.17, 15) is 9.50 Å². The van der Waals surface area contributed by atoms with Crippen LogP contribution in [-0.4, -0.2) is 35.3 Å². The van der Waals surface area contributed by atoms with Crippen LogP contribution in [0.4, 0.5) is 4.39 Å². The van der Waals surface area contributed by atoms with Crippen molar-refractivity contribution >= 4 is 0 Å². The van der Waals surface area contributed by atoms with Crippen molar-refractivity contribution in [3.05, 3.63) is 29.6 Å². The van der Waals surface area contributed by atoms with E-state index in [0.29, 0.717) is 18.7 Å². The Morgan fingerprint density at radius 1 is 1.33 bits per heavy atom. The van der Waals surface area contributed by atoms with Crippen LogP contribution >= 0.6 is 0 Å². The number of nitrogens with zero attached hydrogens (tertiary/aromatic N) is 1. The summed E-state index contributed by atoms with van der Waals surface area (Å²) in [6.45, 7) is 2.33. The van der Waals surface area contributed by atoms with E-state index in [0.717, 1.165) is 37.6 Å². The summed E-state index contributed by atoms with van der Waals surface area (Å²) in [5.74, 6) is -0.373. The number of rotatable bonds is 2. The van der Waals surface area contributed by atoms with Crippen LogP contribution in [0.15, 0.2) is 18.2 Å². The minimum absolute atomic E-state index is 0.00114. The van der Waals surface area contributed by atoms with Crippen molar-refractivity contribution in [3.8, 4) is 5.75 Å². The first kappa shape index (κ1) is 11.9. The summed E-state index contributed by atoms with van der Waals surface area (Å²) >= 11 is 0. The Hall–Kier alpha value is -1.13. The number of hydrogen-bond acceptors (Lipinski definition) is 3. The summed E-state index contributed by atoms with van der Waals surface area (Å²) in [4.78, 5) is 2.36. The average molecular weight is 251 g/mol. The highest BCUT2D eigenvalue weighted by molar-refractivity contribution is 5.28. The van der Waals surface area contributed by atoms with Crippen molar-refractivity contribution in [2.24, 2.45) is 0 Å². The van der Waals surface area contributed by atoms with E-state index in [1.807, 2.05) is 0 Å². The fraction of sp³-hybridized carbons (Fsp3) is 0.571. The molecule has 0 spiro atoms. The molecule has 2 aliphatic rings. The van der Waals surface area contributed by atoms with Gasteiger partial charge in [0, 0.05) is 25.2 Å². The first-order valence-electron chi connectivity index (χ1n) is 6.56. The molecule has 0 bridgehead atoms. The van der Waals surface area contributed by atoms with Crippen LogP contribution in [0.5, 0.6) is 5.75 Å². The maximum atomic E-state index is 13.2. The Balaban J connectivity index is 1.74. The number of ether oxygens (including phenoxy) is 1. The lowest BCUT2D eigenvalue weighted by molar-refractivity contribution is -0.0588. The molecule has 1 saturated carbocycles. The lowest BCUT2D eigenvalue weighted by Gasteiger charge is -2.37. The topological polar surface area (TPSA) is 32.7 Å². The minimum Gasteiger partial charge on any atom is -0.508 e. The van der Waals surface area contributed by atoms with E-state index in [4.69, 9.17) is 4.74 Å². The smallest absolute Gasteiger partial charge is 0.127 e. The van der Waals surface area contributed by atoms with Gasteiger partial charge in [-0.15, -0.1) is 0 Å². The lowest BCUT2D eigenvalue weighted by atomic mass is 10.1. The molecule has 0 radical (unpaired) electrons. The van der Waals surface area contributed by atoms with Gasteiger partial charge in [-0.3, -0.25) is 4.90 Å². The van der Waals surface area contributed by atoms with Gasteiger partial charge < -0.3 is 9.84 Å². The number of phenolic OH excluding ortho intramolecular Hbond substituents is 1. The molecule has 2 fully saturated rings. The second kappa shape index (κ2) is 4.86. The predicted molar refractivity (Wildman–Crippen MR) is 65.9 cm³/mol. The molecule has 1 aromatic carbocycles. The lowest BCUT2D eigenvalue weighted by Crippen LogP contribution is -2.47. The quantitative estimate of drug-likeness (QED) is 0.875. The summed E-state index contributed by atoms with van der Waals surface area (Å²) in [5.41, 5.74) is 0.833. The van der Waals surface area contributed by atoms with Crippen molar-refractivity contribution in [3.63, 3.8) is 0 Å². The SMILES string of the molecule is Oc1cc(F)cc(CN2CCOC3CCCC32)c1. The van der Waals surface area contributed by atoms with Crippen molar-refractivity contribution in [1.29, 1.82) is 0 Å². The third-order valence-corrected chi connectivity index (χ3v) is 3.93. The van der Waals surface area contributed by atoms with Gasteiger partial charge in [0.2, 0.25) is 0 Å². The fourth-order valence-corrected chi connectivity index (χ4v) is 3.16. The first-order valence-corrected chi connectivity index (χ1v) is 6.56. The predicted octanol–water partition coefficient (Wildman–Crippen LogP) is 2.28. The molecule has 18 heavy (non-hydrogen) atoms. The molecular formula is C14H18FNO2. The van der Waals surface area contributed by atoms with E-state index in [1.165, 1.54) is 12.5 Å². The van der Waals surface area contributed by atoms with E-state index in [1.54, 1.807) is 6.07 Å². The van der Waals surface area contributed by atoms with Crippen molar-refractivity contribution in [1.82, 2.24) is 4.90 Å². The van der Waals surface area contributed by atoms with Crippen LogP contribution < -0.4 is 0 Å². The third kappa shape index (κ3) is 2.35. The zero-order chi connectivity index (χ0) is 12.5. The molecule has 1 N–H and O–H groups in total. The van der Waals surface area contributed by atoms with Crippen molar-refractivity contribution in [2.45, 2.75) is 38.0 Å². The molecule has 3 rings (SSSR count). The van der Waals surface area contributed by atoms with Crippen LogP contribution in [0.1, 0.15) is 24.8 Å². The molecule has 2 atom stereocenters. The van der Waals surface area contributed by atoms with Crippen molar-refractivity contribution < 1.29 is 14.2 Å². The number of aromatic hydroxyl groups is 1. The van der Waals surface area contributed by atoms with Gasteiger partial charge >= 0.3 is 0 Å². The molecule has 4 heteroatoms. The summed E-state index contributed by atoms with van der Waals surface area (Å²) in [7, 11) is 0. The van der Waals surface area contributed by atoms with E-state index < -0.39 is 0 Å². The Kier molecular flexibility index (Phi) is 3.22. The van der Waals surface area contributed by atoms with Gasteiger partial charge in [-0.2, -0.15) is 0 Å². The second-order valence-electron chi connectivity index (χ2n) is 5.20. The standard InChI is InChI=1S/C14H18FNO2/c15-11-6-10(7-12(17)8-11)9-16-4-5-18-14-3-1-2-13(14)16/h6-8,13-14,17H,1-5,9H2. The maximum absolute atomic E-state index is 13.2. The monoisotopic (exact) mass is 251 g/mol. The Morgan fingerprint density at radius 2 is 2.22 bits per heavy atom. The molecule has 1 heterocycles. The number of morpholine rings is 1. The third-order valence-electron chi connectivity index (χ3n) is 3.93. The molecule has 3 nitrogen and oxygen atoms in total. The highest BCUT2D eigenvalue weighted by Gasteiger charge is 2.35. The Morgan fingerprint density at radius 3 is 3.06 bits per heavy atom. The maximum Gasteiger partial charge on any atom is 0.127 e. The van der Waals surface area contributed by atoms with E-state index in [2.05, 4.69) is 4.90 Å². The molecule has 0 aromatic heterocycles. The van der Waals surface area contributed by atoms with Crippen LogP contribution in [0.2, 0.25) is 0 Å². The van der Waals surface area contributed by atoms with Crippen molar-refractivity contribution in [2.75, 3.05) is 13.2 Å². The van der Waals surface area contributed by atoms with E-state index in [-0.39, 0.29) is 11.6 Å². The first-order chi connectivity index (χ1) is 8.72. The molecule has 1 saturated heterocycles. The molecule has 0 amide bonds. The minimum atomic E-state index is -0.374. The summed E-state index contributed by atoms with van der Waals surface area (Å²) in [6, 6.07) is 4.74. The molecular weight excluding hydrogens is 233 g/mol. The van der Waals surface area contributed by atoms with Crippen LogP contribution in [0.3, 0.4) is 0 Å². The summed E-state index contributed by atoms with van der Waals surface area (Å²) < 4.78 is 19.0. The average Bonchev–Trinajstić information content (AvgIpc) is 2.76. The number of benzene rings is 1. The summed E-state index contributed by atoms with van der Waals surface area (Å²) in [5, 5.41) is 9.43. The molecule has 98 valence electrons. The normalized spacial score (nSPS) is 28.3. The van der Waals surface area contributed by atoms with Gasteiger partial charge in [0.05, 0.1) is 12.7 Å². The Labute approximate surface area is 106 Å². The van der Waals surface area contributed by atoms with Gasteiger partial charge in [0.1, 0.15) is 11.6 Å². The zero-order valence-electron chi connectivity index (χ0n) is 10.3. The molecule has 1 aliphatic carbocycles. The molecule has 1 aromatic rings. The van der Waals surface area contributed by atoms with Gasteiger partial charge in [-0.25, -0.2) is 4.39 Å². The van der Waals surface area contributed by atoms with E-state index >= 15 is 0 Å². The number of phenols is 1. The molecule has 2 unspecified atom stereocenters. The largest absolute Gasteiger partial charge is 0.508 e. The second-order valence-corrected chi connectivity index (χ2v) is 5.20. The Bertz CT molecular complexity index is 418. The van der Waals surface area contributed by atoms with Crippen LogP contribution in [-0.2, 0) is 11.3 Å². The van der Waals surface area contributed by atoms with Crippen LogP contribution in [0, 0.1) is 5.82 Å². The zero-order valence-corrected chi connectivity index (χ0v) is 10.3. The highest BCUT2D eigenvalue weighted by atomic mass is 19.1. The number of halogens is 1. The van der Waals surface area contributed by atoms with Gasteiger partial charge in [-0.05, 0) is 37.0 Å². The highest BCUT2D eigenvalue weighted by Crippen LogP contribution is 2.31. The molecule has 1 aliphatic heterocycles.